The fourth-order valence-corrected chi connectivity index (χ4v) is 3.00. The van der Waals surface area contributed by atoms with Gasteiger partial charge < -0.3 is 15.0 Å². The summed E-state index contributed by atoms with van der Waals surface area (Å²) < 4.78 is 54.7. The Hall–Kier alpha value is -3.83. The number of rotatable bonds is 5. The second-order valence-electron chi connectivity index (χ2n) is 6.78. The molecule has 0 radical (unpaired) electrons. The molecule has 1 aromatic carbocycles. The summed E-state index contributed by atoms with van der Waals surface area (Å²) in [6.45, 7) is 0. The summed E-state index contributed by atoms with van der Waals surface area (Å²) in [5.74, 6) is -2.80. The van der Waals surface area contributed by atoms with E-state index in [-0.39, 0.29) is 22.9 Å². The minimum Gasteiger partial charge on any atom is -0.403 e. The molecular formula is C19H13F4N5O3. The van der Waals surface area contributed by atoms with E-state index >= 15 is 0 Å². The molecule has 1 fully saturated rings. The molecule has 4 rings (SSSR count). The number of carbonyl (C=O) groups excluding carboxylic acids is 1. The number of benzene rings is 1. The summed E-state index contributed by atoms with van der Waals surface area (Å²) in [4.78, 5) is 39.1. The first kappa shape index (κ1) is 20.4. The highest BCUT2D eigenvalue weighted by Gasteiger charge is 2.46. The minimum absolute atomic E-state index is 0.0113. The number of aromatic nitrogens is 4. The van der Waals surface area contributed by atoms with E-state index in [2.05, 4.69) is 30.0 Å². The van der Waals surface area contributed by atoms with Crippen LogP contribution in [-0.2, 0) is 5.54 Å². The summed E-state index contributed by atoms with van der Waals surface area (Å²) in [6.07, 6.45) is -1.30. The van der Waals surface area contributed by atoms with Gasteiger partial charge in [0.2, 0.25) is 0 Å². The number of hydrogen-bond donors (Lipinski definition) is 2. The van der Waals surface area contributed by atoms with Crippen LogP contribution < -0.4 is 15.6 Å². The Kier molecular flexibility index (Phi) is 4.91. The molecule has 0 saturated heterocycles. The van der Waals surface area contributed by atoms with E-state index in [0.29, 0.717) is 12.8 Å². The zero-order chi connectivity index (χ0) is 22.2. The maximum atomic E-state index is 14.1. The maximum Gasteiger partial charge on any atom is 0.573 e. The predicted octanol–water partition coefficient (Wildman–Crippen LogP) is 2.68. The van der Waals surface area contributed by atoms with Crippen molar-refractivity contribution in [1.29, 1.82) is 0 Å². The van der Waals surface area contributed by atoms with Crippen LogP contribution >= 0.6 is 0 Å². The number of amides is 1. The molecule has 0 atom stereocenters. The molecule has 1 aliphatic carbocycles. The van der Waals surface area contributed by atoms with E-state index in [1.165, 1.54) is 18.5 Å². The van der Waals surface area contributed by atoms with Crippen LogP contribution in [0.4, 0.5) is 17.6 Å². The molecule has 0 aliphatic heterocycles. The average molecular weight is 435 g/mol. The third-order valence-electron chi connectivity index (χ3n) is 4.56. The van der Waals surface area contributed by atoms with Crippen LogP contribution in [0.25, 0.3) is 11.6 Å². The summed E-state index contributed by atoms with van der Waals surface area (Å²) in [7, 11) is 0. The number of ether oxygens (including phenoxy) is 1. The Morgan fingerprint density at radius 2 is 1.87 bits per heavy atom. The van der Waals surface area contributed by atoms with E-state index in [1.54, 1.807) is 6.07 Å². The fourth-order valence-electron chi connectivity index (χ4n) is 3.00. The van der Waals surface area contributed by atoms with E-state index < -0.39 is 34.9 Å². The van der Waals surface area contributed by atoms with Crippen molar-refractivity contribution in [2.75, 3.05) is 0 Å². The lowest BCUT2D eigenvalue weighted by atomic mass is 10.0. The highest BCUT2D eigenvalue weighted by atomic mass is 19.4. The van der Waals surface area contributed by atoms with Gasteiger partial charge in [-0.2, -0.15) is 0 Å². The number of hydrogen-bond acceptors (Lipinski definition) is 6. The summed E-state index contributed by atoms with van der Waals surface area (Å²) in [6, 6.07) is 5.52. The zero-order valence-corrected chi connectivity index (χ0v) is 15.5. The van der Waals surface area contributed by atoms with Gasteiger partial charge in [0.1, 0.15) is 5.69 Å². The molecule has 3 aromatic rings. The largest absolute Gasteiger partial charge is 0.573 e. The molecule has 0 spiro atoms. The van der Waals surface area contributed by atoms with E-state index in [1.807, 2.05) is 0 Å². The maximum absolute atomic E-state index is 14.1. The van der Waals surface area contributed by atoms with Crippen LogP contribution in [-0.4, -0.2) is 32.2 Å². The van der Waals surface area contributed by atoms with Crippen molar-refractivity contribution >= 4 is 5.91 Å². The highest BCUT2D eigenvalue weighted by molar-refractivity contribution is 5.93. The number of aromatic amines is 1. The van der Waals surface area contributed by atoms with Gasteiger partial charge >= 0.3 is 6.36 Å². The van der Waals surface area contributed by atoms with Gasteiger partial charge in [-0.15, -0.1) is 13.2 Å². The highest BCUT2D eigenvalue weighted by Crippen LogP contribution is 2.46. The number of carbonyl (C=O) groups is 1. The number of nitrogens with zero attached hydrogens (tertiary/aromatic N) is 3. The van der Waals surface area contributed by atoms with Crippen molar-refractivity contribution < 1.29 is 27.1 Å². The first-order valence-corrected chi connectivity index (χ1v) is 8.92. The van der Waals surface area contributed by atoms with Gasteiger partial charge in [0.15, 0.2) is 23.2 Å². The lowest BCUT2D eigenvalue weighted by Crippen LogP contribution is -2.36. The lowest BCUT2D eigenvalue weighted by Gasteiger charge is -2.19. The van der Waals surface area contributed by atoms with Gasteiger partial charge in [-0.3, -0.25) is 9.59 Å². The Bertz CT molecular complexity index is 1190. The van der Waals surface area contributed by atoms with Crippen molar-refractivity contribution in [2.45, 2.75) is 24.7 Å². The Labute approximate surface area is 171 Å². The quantitative estimate of drug-likeness (QED) is 0.597. The zero-order valence-electron chi connectivity index (χ0n) is 15.5. The summed E-state index contributed by atoms with van der Waals surface area (Å²) in [5.41, 5.74) is -1.53. The second kappa shape index (κ2) is 7.45. The van der Waals surface area contributed by atoms with Gasteiger partial charge in [0.25, 0.3) is 11.5 Å². The molecule has 8 nitrogen and oxygen atoms in total. The van der Waals surface area contributed by atoms with Gasteiger partial charge in [-0.25, -0.2) is 19.3 Å². The van der Waals surface area contributed by atoms with Crippen molar-refractivity contribution in [1.82, 2.24) is 25.3 Å². The van der Waals surface area contributed by atoms with Crippen molar-refractivity contribution in [3.05, 3.63) is 70.2 Å². The molecule has 1 aliphatic rings. The van der Waals surface area contributed by atoms with E-state index in [9.17, 15) is 27.2 Å². The van der Waals surface area contributed by atoms with Gasteiger partial charge in [0, 0.05) is 18.5 Å². The third-order valence-corrected chi connectivity index (χ3v) is 4.56. The van der Waals surface area contributed by atoms with Crippen molar-refractivity contribution in [2.24, 2.45) is 0 Å². The van der Waals surface area contributed by atoms with Gasteiger partial charge in [0.05, 0.1) is 5.54 Å². The molecule has 1 amide bonds. The fraction of sp³-hybridized carbons (Fsp3) is 0.211. The summed E-state index contributed by atoms with van der Waals surface area (Å²) in [5, 5.41) is 2.68. The van der Waals surface area contributed by atoms with Crippen molar-refractivity contribution in [3.8, 4) is 17.4 Å². The molecule has 2 heterocycles. The molecule has 1 saturated carbocycles. The normalized spacial score (nSPS) is 14.7. The monoisotopic (exact) mass is 435 g/mol. The third kappa shape index (κ3) is 4.52. The topological polar surface area (TPSA) is 110 Å². The van der Waals surface area contributed by atoms with Crippen LogP contribution in [0, 0.1) is 5.82 Å². The SMILES string of the molecule is O=C(NC1(c2ccc(OC(F)(F)F)c(F)c2)CC1)c1cc(=O)[nH]c(-c2ncccn2)n1. The molecule has 0 unspecified atom stereocenters. The van der Waals surface area contributed by atoms with Crippen LogP contribution in [0.15, 0.2) is 47.5 Å². The van der Waals surface area contributed by atoms with E-state index in [4.69, 9.17) is 0 Å². The Morgan fingerprint density at radius 1 is 1.16 bits per heavy atom. The predicted molar refractivity (Wildman–Crippen MR) is 97.3 cm³/mol. The Morgan fingerprint density at radius 3 is 2.48 bits per heavy atom. The molecule has 0 bridgehead atoms. The molecule has 160 valence electrons. The van der Waals surface area contributed by atoms with Crippen LogP contribution in [0.1, 0.15) is 28.9 Å². The number of alkyl halides is 3. The number of nitrogens with one attached hydrogen (secondary N) is 2. The first-order chi connectivity index (χ1) is 14.7. The second-order valence-corrected chi connectivity index (χ2v) is 6.78. The smallest absolute Gasteiger partial charge is 0.403 e. The summed E-state index contributed by atoms with van der Waals surface area (Å²) >= 11 is 0. The number of halogens is 4. The Balaban J connectivity index is 1.57. The molecule has 12 heteroatoms. The van der Waals surface area contributed by atoms with Crippen LogP contribution in [0.5, 0.6) is 5.75 Å². The number of H-pyrrole nitrogens is 1. The lowest BCUT2D eigenvalue weighted by molar-refractivity contribution is -0.275. The first-order valence-electron chi connectivity index (χ1n) is 8.92. The molecule has 2 N–H and O–H groups in total. The molecule has 2 aromatic heterocycles. The standard InChI is InChI=1S/C19H13F4N5O3/c20-11-8-10(2-3-13(11)31-19(21,22)23)18(4-5-18)28-17(30)12-9-14(29)27-16(26-12)15-24-6-1-7-25-15/h1-3,6-9H,4-5H2,(H,28,30)(H,26,27,29). The van der Waals surface area contributed by atoms with Crippen LogP contribution in [0.2, 0.25) is 0 Å². The van der Waals surface area contributed by atoms with Crippen LogP contribution in [0.3, 0.4) is 0 Å². The molecular weight excluding hydrogens is 422 g/mol. The minimum atomic E-state index is -5.03. The van der Waals surface area contributed by atoms with Gasteiger partial charge in [-0.1, -0.05) is 6.07 Å². The van der Waals surface area contributed by atoms with Gasteiger partial charge in [-0.05, 0) is 36.6 Å². The van der Waals surface area contributed by atoms with Crippen molar-refractivity contribution in [3.63, 3.8) is 0 Å². The average Bonchev–Trinajstić information content (AvgIpc) is 3.49. The van der Waals surface area contributed by atoms with E-state index in [0.717, 1.165) is 18.2 Å². The molecule has 31 heavy (non-hydrogen) atoms.